The van der Waals surface area contributed by atoms with E-state index in [1.54, 1.807) is 14.0 Å². The molecule has 1 N–H and O–H groups in total. The molecule has 0 amide bonds. The molecule has 0 aliphatic carbocycles. The summed E-state index contributed by atoms with van der Waals surface area (Å²) in [5, 5.41) is 10.9. The summed E-state index contributed by atoms with van der Waals surface area (Å²) in [4.78, 5) is 0. The lowest BCUT2D eigenvalue weighted by Crippen LogP contribution is -2.42. The van der Waals surface area contributed by atoms with E-state index in [-0.39, 0.29) is 6.61 Å². The molecular formula is C26H28O4. The lowest BCUT2D eigenvalue weighted by atomic mass is 9.80. The van der Waals surface area contributed by atoms with E-state index < -0.39 is 23.6 Å². The van der Waals surface area contributed by atoms with Gasteiger partial charge in [0.1, 0.15) is 11.7 Å². The molecule has 0 spiro atoms. The molecule has 4 heteroatoms. The minimum atomic E-state index is -1.03. The van der Waals surface area contributed by atoms with E-state index in [0.29, 0.717) is 6.42 Å². The molecular weight excluding hydrogens is 376 g/mol. The largest absolute Gasteiger partial charge is 0.387 e. The number of rotatable bonds is 7. The smallest absolute Gasteiger partial charge is 0.160 e. The molecule has 156 valence electrons. The Balaban J connectivity index is 1.79. The fourth-order valence-corrected chi connectivity index (χ4v) is 4.17. The molecule has 4 rings (SSSR count). The van der Waals surface area contributed by atoms with Gasteiger partial charge in [-0.2, -0.15) is 0 Å². The van der Waals surface area contributed by atoms with Crippen molar-refractivity contribution in [1.82, 2.24) is 0 Å². The highest BCUT2D eigenvalue weighted by molar-refractivity contribution is 5.47. The molecule has 0 bridgehead atoms. The quantitative estimate of drug-likeness (QED) is 0.589. The van der Waals surface area contributed by atoms with Crippen LogP contribution in [0, 0.1) is 0 Å². The Morgan fingerprint density at radius 3 is 1.67 bits per heavy atom. The molecule has 3 aromatic rings. The zero-order valence-electron chi connectivity index (χ0n) is 17.4. The van der Waals surface area contributed by atoms with Gasteiger partial charge in [-0.3, -0.25) is 0 Å². The van der Waals surface area contributed by atoms with Crippen molar-refractivity contribution in [3.05, 3.63) is 108 Å². The molecule has 0 saturated carbocycles. The normalized spacial score (nSPS) is 24.1. The molecule has 1 heterocycles. The Labute approximate surface area is 178 Å². The van der Waals surface area contributed by atoms with Crippen molar-refractivity contribution in [1.29, 1.82) is 0 Å². The average Bonchev–Trinajstić information content (AvgIpc) is 3.10. The summed E-state index contributed by atoms with van der Waals surface area (Å²) in [6.07, 6.45) is -0.529. The van der Waals surface area contributed by atoms with Crippen LogP contribution in [0.4, 0.5) is 0 Å². The van der Waals surface area contributed by atoms with Gasteiger partial charge in [-0.1, -0.05) is 91.0 Å². The summed E-state index contributed by atoms with van der Waals surface area (Å²) in [5.74, 6) is 0. The first-order valence-corrected chi connectivity index (χ1v) is 10.3. The second-order valence-electron chi connectivity index (χ2n) is 7.94. The third-order valence-corrected chi connectivity index (χ3v) is 5.84. The summed E-state index contributed by atoms with van der Waals surface area (Å²) in [6, 6.07) is 30.5. The molecule has 0 aromatic heterocycles. The first-order valence-electron chi connectivity index (χ1n) is 10.3. The maximum atomic E-state index is 10.9. The highest BCUT2D eigenvalue weighted by atomic mass is 16.7. The summed E-state index contributed by atoms with van der Waals surface area (Å²) in [7, 11) is 1.59. The second kappa shape index (κ2) is 8.70. The van der Waals surface area contributed by atoms with E-state index >= 15 is 0 Å². The SMILES string of the molecule is CO[C@@H]1C[C@@](C)(O)[C@@H](COC(c2ccccc2)(c2ccccc2)c2ccccc2)O1. The third kappa shape index (κ3) is 3.92. The van der Waals surface area contributed by atoms with Crippen LogP contribution in [0.2, 0.25) is 0 Å². The van der Waals surface area contributed by atoms with E-state index in [1.165, 1.54) is 0 Å². The fourth-order valence-electron chi connectivity index (χ4n) is 4.17. The van der Waals surface area contributed by atoms with Crippen molar-refractivity contribution >= 4 is 0 Å². The van der Waals surface area contributed by atoms with E-state index in [2.05, 4.69) is 36.4 Å². The summed E-state index contributed by atoms with van der Waals surface area (Å²) in [5.41, 5.74) is 1.18. The van der Waals surface area contributed by atoms with Crippen LogP contribution in [-0.4, -0.2) is 36.8 Å². The molecule has 1 aliphatic rings. The van der Waals surface area contributed by atoms with Crippen LogP contribution >= 0.6 is 0 Å². The maximum absolute atomic E-state index is 10.9. The first-order chi connectivity index (χ1) is 14.6. The zero-order valence-corrected chi connectivity index (χ0v) is 17.4. The topological polar surface area (TPSA) is 47.9 Å². The minimum Gasteiger partial charge on any atom is -0.387 e. The van der Waals surface area contributed by atoms with Gasteiger partial charge in [0.25, 0.3) is 0 Å². The average molecular weight is 405 g/mol. The molecule has 4 nitrogen and oxygen atoms in total. The van der Waals surface area contributed by atoms with Crippen molar-refractivity contribution in [2.45, 2.75) is 36.9 Å². The van der Waals surface area contributed by atoms with Crippen LogP contribution in [-0.2, 0) is 19.8 Å². The lowest BCUT2D eigenvalue weighted by Gasteiger charge is -2.37. The Morgan fingerprint density at radius 2 is 1.30 bits per heavy atom. The third-order valence-electron chi connectivity index (χ3n) is 5.84. The van der Waals surface area contributed by atoms with Gasteiger partial charge < -0.3 is 19.3 Å². The number of hydrogen-bond acceptors (Lipinski definition) is 4. The maximum Gasteiger partial charge on any atom is 0.160 e. The first kappa shape index (κ1) is 20.8. The second-order valence-corrected chi connectivity index (χ2v) is 7.94. The van der Waals surface area contributed by atoms with E-state index in [9.17, 15) is 5.11 Å². The molecule has 0 radical (unpaired) electrons. The van der Waals surface area contributed by atoms with Crippen LogP contribution < -0.4 is 0 Å². The standard InChI is InChI=1S/C26H28O4/c1-25(27)18-24(28-2)30-23(25)19-29-26(20-12-6-3-7-13-20,21-14-8-4-9-15-21)22-16-10-5-11-17-22/h3-17,23-24,27H,18-19H2,1-2H3/t23-,24+,25-/m1/s1. The summed E-state index contributed by atoms with van der Waals surface area (Å²) < 4.78 is 18.0. The predicted octanol–water partition coefficient (Wildman–Crippen LogP) is 4.51. The highest BCUT2D eigenvalue weighted by Crippen LogP contribution is 2.42. The Morgan fingerprint density at radius 1 is 0.867 bits per heavy atom. The predicted molar refractivity (Wildman–Crippen MR) is 116 cm³/mol. The van der Waals surface area contributed by atoms with Crippen LogP contribution in [0.5, 0.6) is 0 Å². The van der Waals surface area contributed by atoms with E-state index in [0.717, 1.165) is 16.7 Å². The summed E-state index contributed by atoms with van der Waals surface area (Å²) >= 11 is 0. The molecule has 3 atom stereocenters. The Kier molecular flexibility index (Phi) is 6.02. The van der Waals surface area contributed by atoms with Crippen LogP contribution in [0.3, 0.4) is 0 Å². The molecule has 3 aromatic carbocycles. The molecule has 0 unspecified atom stereocenters. The van der Waals surface area contributed by atoms with E-state index in [4.69, 9.17) is 14.2 Å². The number of ether oxygens (including phenoxy) is 3. The monoisotopic (exact) mass is 404 g/mol. The minimum absolute atomic E-state index is 0.214. The van der Waals surface area contributed by atoms with Gasteiger partial charge in [-0.25, -0.2) is 0 Å². The van der Waals surface area contributed by atoms with Crippen LogP contribution in [0.25, 0.3) is 0 Å². The fraction of sp³-hybridized carbons (Fsp3) is 0.308. The van der Waals surface area contributed by atoms with Crippen molar-refractivity contribution < 1.29 is 19.3 Å². The van der Waals surface area contributed by atoms with Gasteiger partial charge in [-0.15, -0.1) is 0 Å². The molecule has 1 saturated heterocycles. The Bertz CT molecular complexity index is 828. The molecule has 30 heavy (non-hydrogen) atoms. The van der Waals surface area contributed by atoms with Crippen molar-refractivity contribution in [2.24, 2.45) is 0 Å². The van der Waals surface area contributed by atoms with Gasteiger partial charge in [0.15, 0.2) is 6.29 Å². The van der Waals surface area contributed by atoms with Crippen molar-refractivity contribution in [3.63, 3.8) is 0 Å². The molecule has 1 aliphatic heterocycles. The lowest BCUT2D eigenvalue weighted by molar-refractivity contribution is -0.152. The Hall–Kier alpha value is -2.50. The molecule has 1 fully saturated rings. The van der Waals surface area contributed by atoms with Crippen molar-refractivity contribution in [2.75, 3.05) is 13.7 Å². The van der Waals surface area contributed by atoms with Gasteiger partial charge in [0.05, 0.1) is 12.2 Å². The van der Waals surface area contributed by atoms with Crippen molar-refractivity contribution in [3.8, 4) is 0 Å². The van der Waals surface area contributed by atoms with Gasteiger partial charge in [-0.05, 0) is 23.6 Å². The summed E-state index contributed by atoms with van der Waals surface area (Å²) in [6.45, 7) is 1.99. The van der Waals surface area contributed by atoms with Gasteiger partial charge >= 0.3 is 0 Å². The van der Waals surface area contributed by atoms with Gasteiger partial charge in [0.2, 0.25) is 0 Å². The highest BCUT2D eigenvalue weighted by Gasteiger charge is 2.46. The van der Waals surface area contributed by atoms with E-state index in [1.807, 2.05) is 54.6 Å². The number of hydrogen-bond donors (Lipinski definition) is 1. The van der Waals surface area contributed by atoms with Crippen LogP contribution in [0.1, 0.15) is 30.0 Å². The van der Waals surface area contributed by atoms with Gasteiger partial charge in [0, 0.05) is 13.5 Å². The number of aliphatic hydroxyl groups is 1. The zero-order chi connectivity index (χ0) is 21.0. The number of methoxy groups -OCH3 is 1. The van der Waals surface area contributed by atoms with Crippen LogP contribution in [0.15, 0.2) is 91.0 Å². The number of benzene rings is 3.